The van der Waals surface area contributed by atoms with Crippen LogP contribution in [0.4, 0.5) is 5.69 Å². The molecule has 132 valence electrons. The van der Waals surface area contributed by atoms with Gasteiger partial charge in [-0.25, -0.2) is 4.79 Å². The van der Waals surface area contributed by atoms with Crippen molar-refractivity contribution in [3.8, 4) is 11.5 Å². The molecule has 2 rings (SSSR count). The number of carbonyl (C=O) groups excluding carboxylic acids is 1. The van der Waals surface area contributed by atoms with Gasteiger partial charge in [0.15, 0.2) is 11.5 Å². The van der Waals surface area contributed by atoms with E-state index in [-0.39, 0.29) is 11.7 Å². The van der Waals surface area contributed by atoms with Crippen molar-refractivity contribution in [2.24, 2.45) is 4.99 Å². The van der Waals surface area contributed by atoms with E-state index in [2.05, 4.69) is 4.99 Å². The second kappa shape index (κ2) is 8.53. The maximum absolute atomic E-state index is 12.1. The number of hydrogen-bond acceptors (Lipinski definition) is 5. The number of carbonyl (C=O) groups is 1. The number of methoxy groups -OCH3 is 2. The molecule has 2 aromatic carbocycles. The van der Waals surface area contributed by atoms with Crippen LogP contribution in [0, 0.1) is 0 Å². The molecule has 0 spiro atoms. The quantitative estimate of drug-likeness (QED) is 0.554. The van der Waals surface area contributed by atoms with E-state index in [4.69, 9.17) is 25.8 Å². The lowest BCUT2D eigenvalue weighted by Crippen LogP contribution is -2.11. The Hall–Kier alpha value is -2.53. The molecule has 0 radical (unpaired) electrons. The van der Waals surface area contributed by atoms with Crippen LogP contribution in [0.5, 0.6) is 11.5 Å². The SMILES string of the molecule is COc1ccc(C=Nc2ccc(Cl)c(C(=O)OC(C)C)c2)cc1OC. The fourth-order valence-electron chi connectivity index (χ4n) is 2.11. The third-order valence-corrected chi connectivity index (χ3v) is 3.61. The molecule has 0 N–H and O–H groups in total. The summed E-state index contributed by atoms with van der Waals surface area (Å²) in [7, 11) is 3.15. The molecule has 0 unspecified atom stereocenters. The summed E-state index contributed by atoms with van der Waals surface area (Å²) < 4.78 is 15.7. The van der Waals surface area contributed by atoms with Crippen molar-refractivity contribution < 1.29 is 19.0 Å². The molecule has 0 bridgehead atoms. The van der Waals surface area contributed by atoms with Crippen molar-refractivity contribution in [3.63, 3.8) is 0 Å². The van der Waals surface area contributed by atoms with Gasteiger partial charge in [0.1, 0.15) is 0 Å². The number of benzene rings is 2. The highest BCUT2D eigenvalue weighted by Crippen LogP contribution is 2.28. The van der Waals surface area contributed by atoms with Gasteiger partial charge in [0.25, 0.3) is 0 Å². The maximum Gasteiger partial charge on any atom is 0.339 e. The lowest BCUT2D eigenvalue weighted by Gasteiger charge is -2.09. The third-order valence-electron chi connectivity index (χ3n) is 3.28. The number of ether oxygens (including phenoxy) is 3. The standard InChI is InChI=1S/C19H20ClNO4/c1-12(2)25-19(22)15-10-14(6-7-16(15)20)21-11-13-5-8-17(23-3)18(9-13)24-4/h5-12H,1-4H3. The van der Waals surface area contributed by atoms with Crippen LogP contribution in [-0.2, 0) is 4.74 Å². The summed E-state index contributed by atoms with van der Waals surface area (Å²) in [6.07, 6.45) is 1.45. The van der Waals surface area contributed by atoms with Gasteiger partial charge in [-0.1, -0.05) is 11.6 Å². The van der Waals surface area contributed by atoms with E-state index in [0.29, 0.717) is 22.2 Å². The summed E-state index contributed by atoms with van der Waals surface area (Å²) in [5.41, 5.74) is 1.71. The van der Waals surface area contributed by atoms with Crippen LogP contribution >= 0.6 is 11.6 Å². The Labute approximate surface area is 152 Å². The van der Waals surface area contributed by atoms with Crippen molar-refractivity contribution in [1.29, 1.82) is 0 Å². The van der Waals surface area contributed by atoms with Crippen LogP contribution in [0.3, 0.4) is 0 Å². The van der Waals surface area contributed by atoms with Crippen molar-refractivity contribution in [2.75, 3.05) is 14.2 Å². The topological polar surface area (TPSA) is 57.1 Å². The molecule has 0 aromatic heterocycles. The first-order valence-electron chi connectivity index (χ1n) is 7.71. The maximum atomic E-state index is 12.1. The first-order chi connectivity index (χ1) is 11.9. The highest BCUT2D eigenvalue weighted by molar-refractivity contribution is 6.33. The lowest BCUT2D eigenvalue weighted by atomic mass is 10.2. The highest BCUT2D eigenvalue weighted by atomic mass is 35.5. The summed E-state index contributed by atoms with van der Waals surface area (Å²) in [6.45, 7) is 3.57. The Morgan fingerprint density at radius 2 is 1.80 bits per heavy atom. The van der Waals surface area contributed by atoms with E-state index >= 15 is 0 Å². The Morgan fingerprint density at radius 1 is 1.08 bits per heavy atom. The minimum atomic E-state index is -0.469. The van der Waals surface area contributed by atoms with Crippen LogP contribution in [0.1, 0.15) is 29.8 Å². The lowest BCUT2D eigenvalue weighted by molar-refractivity contribution is 0.0378. The van der Waals surface area contributed by atoms with E-state index < -0.39 is 5.97 Å². The number of hydrogen-bond donors (Lipinski definition) is 0. The largest absolute Gasteiger partial charge is 0.493 e. The van der Waals surface area contributed by atoms with Gasteiger partial charge in [0, 0.05) is 6.21 Å². The monoisotopic (exact) mass is 361 g/mol. The van der Waals surface area contributed by atoms with Gasteiger partial charge >= 0.3 is 5.97 Å². The average molecular weight is 362 g/mol. The molecule has 0 atom stereocenters. The summed E-state index contributed by atoms with van der Waals surface area (Å²) in [5.74, 6) is 0.789. The van der Waals surface area contributed by atoms with Crippen molar-refractivity contribution in [1.82, 2.24) is 0 Å². The Bertz CT molecular complexity index is 787. The Morgan fingerprint density at radius 3 is 2.44 bits per heavy atom. The van der Waals surface area contributed by atoms with Crippen molar-refractivity contribution in [3.05, 3.63) is 52.5 Å². The molecule has 0 amide bonds. The van der Waals surface area contributed by atoms with Gasteiger partial charge in [0.05, 0.1) is 36.6 Å². The molecule has 25 heavy (non-hydrogen) atoms. The van der Waals surface area contributed by atoms with Gasteiger partial charge in [0.2, 0.25) is 0 Å². The predicted octanol–water partition coefficient (Wildman–Crippen LogP) is 4.67. The minimum Gasteiger partial charge on any atom is -0.493 e. The second-order valence-electron chi connectivity index (χ2n) is 5.49. The predicted molar refractivity (Wildman–Crippen MR) is 98.8 cm³/mol. The number of halogens is 1. The van der Waals surface area contributed by atoms with E-state index in [1.807, 2.05) is 12.1 Å². The Kier molecular flexibility index (Phi) is 6.42. The molecular weight excluding hydrogens is 342 g/mol. The van der Waals surface area contributed by atoms with Crippen LogP contribution in [0.2, 0.25) is 5.02 Å². The third kappa shape index (κ3) is 4.97. The van der Waals surface area contributed by atoms with Gasteiger partial charge in [-0.3, -0.25) is 4.99 Å². The van der Waals surface area contributed by atoms with E-state index in [0.717, 1.165) is 5.56 Å². The first kappa shape index (κ1) is 18.8. The summed E-state index contributed by atoms with van der Waals surface area (Å²) in [5, 5.41) is 0.329. The molecule has 0 aliphatic carbocycles. The molecule has 2 aromatic rings. The fraction of sp³-hybridized carbons (Fsp3) is 0.263. The first-order valence-corrected chi connectivity index (χ1v) is 8.09. The number of esters is 1. The molecule has 0 aliphatic rings. The molecule has 0 aliphatic heterocycles. The summed E-state index contributed by atoms with van der Waals surface area (Å²) in [4.78, 5) is 16.5. The van der Waals surface area contributed by atoms with Gasteiger partial charge in [-0.05, 0) is 55.8 Å². The van der Waals surface area contributed by atoms with E-state index in [1.54, 1.807) is 58.5 Å². The van der Waals surface area contributed by atoms with Crippen molar-refractivity contribution in [2.45, 2.75) is 20.0 Å². The van der Waals surface area contributed by atoms with Crippen LogP contribution in [0.15, 0.2) is 41.4 Å². The molecule has 5 nitrogen and oxygen atoms in total. The van der Waals surface area contributed by atoms with Crippen LogP contribution < -0.4 is 9.47 Å². The number of nitrogens with zero attached hydrogens (tertiary/aromatic N) is 1. The smallest absolute Gasteiger partial charge is 0.339 e. The zero-order chi connectivity index (χ0) is 18.4. The molecule has 6 heteroatoms. The minimum absolute atomic E-state index is 0.220. The van der Waals surface area contributed by atoms with Crippen molar-refractivity contribution >= 4 is 29.5 Å². The second-order valence-corrected chi connectivity index (χ2v) is 5.90. The molecule has 0 fully saturated rings. The average Bonchev–Trinajstić information content (AvgIpc) is 2.60. The van der Waals surface area contributed by atoms with E-state index in [1.165, 1.54) is 0 Å². The molecule has 0 saturated heterocycles. The fourth-order valence-corrected chi connectivity index (χ4v) is 2.30. The molecular formula is C19H20ClNO4. The number of rotatable bonds is 6. The zero-order valence-corrected chi connectivity index (χ0v) is 15.3. The Balaban J connectivity index is 2.25. The van der Waals surface area contributed by atoms with Gasteiger partial charge in [-0.2, -0.15) is 0 Å². The normalized spacial score (nSPS) is 11.0. The van der Waals surface area contributed by atoms with Crippen LogP contribution in [0.25, 0.3) is 0 Å². The molecule has 0 saturated carbocycles. The number of aliphatic imine (C=N–C) groups is 1. The molecule has 0 heterocycles. The van der Waals surface area contributed by atoms with Gasteiger partial charge < -0.3 is 14.2 Å². The summed E-state index contributed by atoms with van der Waals surface area (Å²) >= 11 is 6.08. The highest BCUT2D eigenvalue weighted by Gasteiger charge is 2.14. The van der Waals surface area contributed by atoms with E-state index in [9.17, 15) is 4.79 Å². The van der Waals surface area contributed by atoms with Gasteiger partial charge in [-0.15, -0.1) is 0 Å². The zero-order valence-electron chi connectivity index (χ0n) is 14.6. The van der Waals surface area contributed by atoms with Crippen LogP contribution in [-0.4, -0.2) is 32.5 Å². The summed E-state index contributed by atoms with van der Waals surface area (Å²) in [6, 6.07) is 10.4.